The number of nitrogens with zero attached hydrogens (tertiary/aromatic N) is 1. The van der Waals surface area contributed by atoms with Gasteiger partial charge in [-0.1, -0.05) is 32.9 Å². The maximum absolute atomic E-state index is 12.0. The molecule has 2 amide bonds. The van der Waals surface area contributed by atoms with Gasteiger partial charge in [0.05, 0.1) is 12.7 Å². The monoisotopic (exact) mass is 319 g/mol. The summed E-state index contributed by atoms with van der Waals surface area (Å²) in [4.78, 5) is 14.4. The Morgan fingerprint density at radius 3 is 2.74 bits per heavy atom. The van der Waals surface area contributed by atoms with E-state index in [9.17, 15) is 4.79 Å². The van der Waals surface area contributed by atoms with Crippen LogP contribution < -0.4 is 10.6 Å². The van der Waals surface area contributed by atoms with Crippen LogP contribution in [0, 0.1) is 5.92 Å². The molecule has 1 aromatic carbocycles. The molecule has 128 valence electrons. The molecule has 1 fully saturated rings. The number of urea groups is 1. The maximum atomic E-state index is 12.0. The van der Waals surface area contributed by atoms with Crippen LogP contribution in [0.5, 0.6) is 0 Å². The van der Waals surface area contributed by atoms with Gasteiger partial charge in [-0.15, -0.1) is 0 Å². The smallest absolute Gasteiger partial charge is 0.319 e. The van der Waals surface area contributed by atoms with Gasteiger partial charge in [-0.05, 0) is 30.0 Å². The lowest BCUT2D eigenvalue weighted by molar-refractivity contribution is -0.0288. The third-order valence-electron chi connectivity index (χ3n) is 3.96. The second-order valence-corrected chi connectivity index (χ2v) is 6.53. The minimum Gasteiger partial charge on any atom is -0.374 e. The molecule has 5 nitrogen and oxygen atoms in total. The zero-order valence-electron chi connectivity index (χ0n) is 14.5. The summed E-state index contributed by atoms with van der Waals surface area (Å²) in [5.41, 5.74) is 2.07. The molecule has 1 saturated heterocycles. The number of hydrogen-bond acceptors (Lipinski definition) is 3. The number of carbonyl (C=O) groups is 1. The van der Waals surface area contributed by atoms with E-state index in [0.29, 0.717) is 12.5 Å². The highest BCUT2D eigenvalue weighted by molar-refractivity contribution is 5.89. The third-order valence-corrected chi connectivity index (χ3v) is 3.96. The third kappa shape index (κ3) is 6.20. The summed E-state index contributed by atoms with van der Waals surface area (Å²) in [6, 6.07) is 7.74. The van der Waals surface area contributed by atoms with E-state index in [1.165, 1.54) is 5.56 Å². The molecule has 0 spiro atoms. The Bertz CT molecular complexity index is 488. The van der Waals surface area contributed by atoms with Crippen molar-refractivity contribution >= 4 is 11.7 Å². The minimum atomic E-state index is -0.182. The van der Waals surface area contributed by atoms with Gasteiger partial charge in [0.25, 0.3) is 0 Å². The summed E-state index contributed by atoms with van der Waals surface area (Å²) in [5.74, 6) is 0.649. The molecule has 5 heteroatoms. The summed E-state index contributed by atoms with van der Waals surface area (Å²) in [6.45, 7) is 10.8. The topological polar surface area (TPSA) is 53.6 Å². The number of ether oxygens (including phenoxy) is 1. The first kappa shape index (κ1) is 17.8. The number of benzene rings is 1. The van der Waals surface area contributed by atoms with Crippen molar-refractivity contribution < 1.29 is 9.53 Å². The van der Waals surface area contributed by atoms with Crippen LogP contribution in [0.1, 0.15) is 26.3 Å². The molecule has 0 aromatic heterocycles. The van der Waals surface area contributed by atoms with E-state index >= 15 is 0 Å². The summed E-state index contributed by atoms with van der Waals surface area (Å²) in [6.07, 6.45) is 1.06. The predicted molar refractivity (Wildman–Crippen MR) is 93.9 cm³/mol. The molecule has 1 aromatic rings. The molecule has 2 rings (SSSR count). The predicted octanol–water partition coefficient (Wildman–Crippen LogP) is 2.73. The Morgan fingerprint density at radius 1 is 1.35 bits per heavy atom. The van der Waals surface area contributed by atoms with Crippen LogP contribution in [-0.4, -0.2) is 49.8 Å². The van der Waals surface area contributed by atoms with Gasteiger partial charge in [-0.25, -0.2) is 4.79 Å². The Balaban J connectivity index is 1.72. The fourth-order valence-corrected chi connectivity index (χ4v) is 2.79. The standard InChI is InChI=1S/C18H29N3O2/c1-4-15-5-7-16(8-6-15)20-18(22)19-11-17-13-21(9-10-23-17)12-14(2)3/h5-8,14,17H,4,9-13H2,1-3H3,(H2,19,20,22). The van der Waals surface area contributed by atoms with Crippen molar-refractivity contribution in [1.29, 1.82) is 0 Å². The van der Waals surface area contributed by atoms with E-state index < -0.39 is 0 Å². The van der Waals surface area contributed by atoms with Crippen molar-refractivity contribution in [3.05, 3.63) is 29.8 Å². The zero-order chi connectivity index (χ0) is 16.7. The van der Waals surface area contributed by atoms with Crippen LogP contribution in [0.2, 0.25) is 0 Å². The van der Waals surface area contributed by atoms with Gasteiger partial charge in [-0.2, -0.15) is 0 Å². The molecule has 1 aliphatic rings. The fraction of sp³-hybridized carbons (Fsp3) is 0.611. The second-order valence-electron chi connectivity index (χ2n) is 6.53. The summed E-state index contributed by atoms with van der Waals surface area (Å²) < 4.78 is 5.74. The first-order chi connectivity index (χ1) is 11.1. The summed E-state index contributed by atoms with van der Waals surface area (Å²) in [5, 5.41) is 5.76. The quantitative estimate of drug-likeness (QED) is 0.848. The molecule has 1 atom stereocenters. The van der Waals surface area contributed by atoms with Gasteiger partial charge >= 0.3 is 6.03 Å². The first-order valence-corrected chi connectivity index (χ1v) is 8.54. The van der Waals surface area contributed by atoms with Crippen molar-refractivity contribution in [2.24, 2.45) is 5.92 Å². The lowest BCUT2D eigenvalue weighted by Crippen LogP contribution is -2.48. The van der Waals surface area contributed by atoms with Crippen molar-refractivity contribution in [2.45, 2.75) is 33.3 Å². The highest BCUT2D eigenvalue weighted by atomic mass is 16.5. The Kier molecular flexibility index (Phi) is 6.86. The van der Waals surface area contributed by atoms with Gasteiger partial charge in [-0.3, -0.25) is 4.90 Å². The minimum absolute atomic E-state index is 0.0655. The number of morpholine rings is 1. The number of anilines is 1. The van der Waals surface area contributed by atoms with Gasteiger partial charge < -0.3 is 15.4 Å². The van der Waals surface area contributed by atoms with Crippen LogP contribution in [-0.2, 0) is 11.2 Å². The lowest BCUT2D eigenvalue weighted by Gasteiger charge is -2.33. The van der Waals surface area contributed by atoms with Gasteiger partial charge in [0.2, 0.25) is 0 Å². The van der Waals surface area contributed by atoms with Crippen LogP contribution in [0.25, 0.3) is 0 Å². The number of hydrogen-bond donors (Lipinski definition) is 2. The Hall–Kier alpha value is -1.59. The zero-order valence-corrected chi connectivity index (χ0v) is 14.5. The number of amides is 2. The molecular weight excluding hydrogens is 290 g/mol. The van der Waals surface area contributed by atoms with Crippen LogP contribution in [0.3, 0.4) is 0 Å². The maximum Gasteiger partial charge on any atom is 0.319 e. The second kappa shape index (κ2) is 8.89. The molecule has 0 aliphatic carbocycles. The van der Waals surface area contributed by atoms with E-state index in [1.54, 1.807) is 0 Å². The summed E-state index contributed by atoms with van der Waals surface area (Å²) >= 11 is 0. The van der Waals surface area contributed by atoms with Gasteiger partial charge in [0.15, 0.2) is 0 Å². The van der Waals surface area contributed by atoms with Gasteiger partial charge in [0.1, 0.15) is 0 Å². The highest BCUT2D eigenvalue weighted by Gasteiger charge is 2.21. The highest BCUT2D eigenvalue weighted by Crippen LogP contribution is 2.10. The molecular formula is C18H29N3O2. The van der Waals surface area contributed by atoms with Crippen LogP contribution >= 0.6 is 0 Å². The molecule has 0 saturated carbocycles. The molecule has 0 radical (unpaired) electrons. The van der Waals surface area contributed by atoms with E-state index in [4.69, 9.17) is 4.74 Å². The number of nitrogens with one attached hydrogen (secondary N) is 2. The van der Waals surface area contributed by atoms with E-state index in [1.807, 2.05) is 24.3 Å². The van der Waals surface area contributed by atoms with Crippen molar-refractivity contribution in [3.63, 3.8) is 0 Å². The Morgan fingerprint density at radius 2 is 2.09 bits per heavy atom. The number of rotatable bonds is 6. The fourth-order valence-electron chi connectivity index (χ4n) is 2.79. The average molecular weight is 319 g/mol. The molecule has 1 aliphatic heterocycles. The largest absolute Gasteiger partial charge is 0.374 e. The molecule has 0 bridgehead atoms. The normalized spacial score (nSPS) is 18.9. The van der Waals surface area contributed by atoms with Crippen LogP contribution in [0.4, 0.5) is 10.5 Å². The van der Waals surface area contributed by atoms with Crippen molar-refractivity contribution in [3.8, 4) is 0 Å². The molecule has 2 N–H and O–H groups in total. The van der Waals surface area contributed by atoms with Gasteiger partial charge in [0, 0.05) is 31.9 Å². The summed E-state index contributed by atoms with van der Waals surface area (Å²) in [7, 11) is 0. The molecule has 1 unspecified atom stereocenters. The average Bonchev–Trinajstić information content (AvgIpc) is 2.53. The van der Waals surface area contributed by atoms with E-state index in [2.05, 4.69) is 36.3 Å². The van der Waals surface area contributed by atoms with Crippen LogP contribution in [0.15, 0.2) is 24.3 Å². The molecule has 23 heavy (non-hydrogen) atoms. The van der Waals surface area contributed by atoms with Crippen molar-refractivity contribution in [1.82, 2.24) is 10.2 Å². The lowest BCUT2D eigenvalue weighted by atomic mass is 10.1. The van der Waals surface area contributed by atoms with E-state index in [0.717, 1.165) is 38.3 Å². The number of aryl methyl sites for hydroxylation is 1. The Labute approximate surface area is 139 Å². The molecule has 1 heterocycles. The van der Waals surface area contributed by atoms with E-state index in [-0.39, 0.29) is 12.1 Å². The first-order valence-electron chi connectivity index (χ1n) is 8.54. The van der Waals surface area contributed by atoms with Crippen molar-refractivity contribution in [2.75, 3.05) is 38.1 Å². The number of carbonyl (C=O) groups excluding carboxylic acids is 1. The SMILES string of the molecule is CCc1ccc(NC(=O)NCC2CN(CC(C)C)CCO2)cc1.